The Morgan fingerprint density at radius 1 is 0.360 bits per heavy atom. The maximum absolute atomic E-state index is 5.34. The molecule has 0 aliphatic carbocycles. The summed E-state index contributed by atoms with van der Waals surface area (Å²) in [4.78, 5) is 15.8. The van der Waals surface area contributed by atoms with Gasteiger partial charge in [-0.05, 0) is 33.0 Å². The van der Waals surface area contributed by atoms with E-state index in [9.17, 15) is 0 Å². The molecule has 0 N–H and O–H groups in total. The Balaban J connectivity index is 1.45. The zero-order valence-corrected chi connectivity index (χ0v) is 27.5. The van der Waals surface area contributed by atoms with Gasteiger partial charge in [0.1, 0.15) is 0 Å². The second-order valence-corrected chi connectivity index (χ2v) is 13.8. The van der Waals surface area contributed by atoms with Gasteiger partial charge in [0.15, 0.2) is 11.6 Å². The Morgan fingerprint density at radius 3 is 1.42 bits per heavy atom. The van der Waals surface area contributed by atoms with Gasteiger partial charge >= 0.3 is 0 Å². The lowest BCUT2D eigenvalue weighted by Crippen LogP contribution is -2.06. The number of thiophene rings is 1. The molecule has 0 saturated heterocycles. The van der Waals surface area contributed by atoms with Crippen molar-refractivity contribution in [3.8, 4) is 28.7 Å². The van der Waals surface area contributed by atoms with Gasteiger partial charge in [0, 0.05) is 42.8 Å². The van der Waals surface area contributed by atoms with Crippen molar-refractivity contribution in [3.05, 3.63) is 158 Å². The normalized spacial score (nSPS) is 12.0. The quantitative estimate of drug-likeness (QED) is 0.178. The largest absolute Gasteiger partial charge is 0.276 e. The van der Waals surface area contributed by atoms with E-state index in [4.69, 9.17) is 15.0 Å². The van der Waals surface area contributed by atoms with E-state index in [1.54, 1.807) is 0 Å². The van der Waals surface area contributed by atoms with Gasteiger partial charge in [-0.1, -0.05) is 152 Å². The van der Waals surface area contributed by atoms with E-state index in [0.29, 0.717) is 17.6 Å². The van der Waals surface area contributed by atoms with Crippen LogP contribution in [-0.2, 0) is 0 Å². The first-order valence-electron chi connectivity index (χ1n) is 16.8. The topological polar surface area (TPSA) is 43.6 Å². The predicted octanol–water partition coefficient (Wildman–Crippen LogP) is 12.1. The molecule has 0 spiro atoms. The van der Waals surface area contributed by atoms with Crippen LogP contribution in [0.4, 0.5) is 0 Å². The summed E-state index contributed by atoms with van der Waals surface area (Å²) >= 11 is 1.85. The van der Waals surface area contributed by atoms with Gasteiger partial charge in [-0.15, -0.1) is 11.3 Å². The molecule has 3 heterocycles. The Labute approximate surface area is 290 Å². The van der Waals surface area contributed by atoms with Crippen molar-refractivity contribution in [3.63, 3.8) is 0 Å². The number of nitrogens with zero attached hydrogens (tertiary/aromatic N) is 4. The third-order valence-corrected chi connectivity index (χ3v) is 11.2. The van der Waals surface area contributed by atoms with Crippen LogP contribution < -0.4 is 0 Å². The van der Waals surface area contributed by atoms with Crippen molar-refractivity contribution < 1.29 is 0 Å². The molecular weight excluding hydrogens is 629 g/mol. The highest BCUT2D eigenvalue weighted by Gasteiger charge is 2.26. The molecule has 0 fully saturated rings. The molecule has 0 amide bonds. The molecule has 11 rings (SSSR count). The first-order valence-corrected chi connectivity index (χ1v) is 17.6. The van der Waals surface area contributed by atoms with Crippen LogP contribution in [-0.4, -0.2) is 19.5 Å². The first-order chi connectivity index (χ1) is 24.8. The number of hydrogen-bond donors (Lipinski definition) is 0. The van der Waals surface area contributed by atoms with Crippen LogP contribution in [0.2, 0.25) is 0 Å². The summed E-state index contributed by atoms with van der Waals surface area (Å²) in [5.41, 5.74) is 4.12. The van der Waals surface area contributed by atoms with Crippen molar-refractivity contribution >= 4 is 85.6 Å². The summed E-state index contributed by atoms with van der Waals surface area (Å²) in [6.07, 6.45) is 0. The van der Waals surface area contributed by atoms with E-state index >= 15 is 0 Å². The monoisotopic (exact) mass is 654 g/mol. The van der Waals surface area contributed by atoms with Gasteiger partial charge in [-0.2, -0.15) is 9.97 Å². The summed E-state index contributed by atoms with van der Waals surface area (Å²) in [6.45, 7) is 0. The smallest absolute Gasteiger partial charge is 0.238 e. The average Bonchev–Trinajstić information content (AvgIpc) is 3.76. The molecule has 232 valence electrons. The molecule has 3 aromatic heterocycles. The van der Waals surface area contributed by atoms with E-state index in [1.165, 1.54) is 63.3 Å². The molecule has 0 aliphatic heterocycles. The fourth-order valence-electron chi connectivity index (χ4n) is 7.92. The molecule has 4 nitrogen and oxygen atoms in total. The van der Waals surface area contributed by atoms with E-state index in [1.807, 2.05) is 47.7 Å². The van der Waals surface area contributed by atoms with Crippen molar-refractivity contribution in [1.29, 1.82) is 0 Å². The molecule has 11 aromatic rings. The highest BCUT2D eigenvalue weighted by Crippen LogP contribution is 2.50. The predicted molar refractivity (Wildman–Crippen MR) is 210 cm³/mol. The number of hydrogen-bond acceptors (Lipinski definition) is 4. The number of aromatic nitrogens is 4. The van der Waals surface area contributed by atoms with Gasteiger partial charge in [-0.25, -0.2) is 4.98 Å². The fraction of sp³-hybridized carbons (Fsp3) is 0. The summed E-state index contributed by atoms with van der Waals surface area (Å²) in [6, 6.07) is 55.8. The average molecular weight is 655 g/mol. The van der Waals surface area contributed by atoms with Crippen LogP contribution in [0, 0.1) is 0 Å². The van der Waals surface area contributed by atoms with Gasteiger partial charge in [-0.3, -0.25) is 4.57 Å². The molecule has 0 saturated carbocycles. The standard InChI is InChI=1S/C45H26N4S/c1-3-15-27(16-4-1)43-46-44(28-17-5-2-6-18-28)48-45(47-43)49-40-34-24-12-8-20-30(34)29-19-7-9-21-31(29)38(40)39-33-23-11-10-22-32(33)37-35-25-13-14-26-36(35)50-42(37)41(39)49/h1-26H. The minimum Gasteiger partial charge on any atom is -0.276 e. The molecule has 0 aliphatic rings. The van der Waals surface area contributed by atoms with Crippen LogP contribution >= 0.6 is 11.3 Å². The second kappa shape index (κ2) is 10.5. The molecule has 0 radical (unpaired) electrons. The SMILES string of the molecule is c1ccc(-c2nc(-c3ccccc3)nc(-n3c4c5ccccc5c5ccccc5c4c4c5ccccc5c5c6ccccc6sc5c43)n2)cc1. The lowest BCUT2D eigenvalue weighted by atomic mass is 9.94. The highest BCUT2D eigenvalue weighted by molar-refractivity contribution is 7.27. The zero-order chi connectivity index (χ0) is 32.8. The molecule has 50 heavy (non-hydrogen) atoms. The summed E-state index contributed by atoms with van der Waals surface area (Å²) in [5.74, 6) is 1.89. The van der Waals surface area contributed by atoms with Crippen molar-refractivity contribution in [2.45, 2.75) is 0 Å². The Kier molecular flexibility index (Phi) is 5.80. The van der Waals surface area contributed by atoms with Gasteiger partial charge < -0.3 is 0 Å². The lowest BCUT2D eigenvalue weighted by Gasteiger charge is -2.13. The third kappa shape index (κ3) is 3.84. The number of fused-ring (bicyclic) bond motifs is 15. The Hall–Kier alpha value is -6.43. The second-order valence-electron chi connectivity index (χ2n) is 12.7. The van der Waals surface area contributed by atoms with Crippen LogP contribution in [0.1, 0.15) is 0 Å². The van der Waals surface area contributed by atoms with Gasteiger partial charge in [0.2, 0.25) is 5.95 Å². The van der Waals surface area contributed by atoms with Crippen LogP contribution in [0.15, 0.2) is 158 Å². The van der Waals surface area contributed by atoms with Gasteiger partial charge in [0.25, 0.3) is 0 Å². The van der Waals surface area contributed by atoms with E-state index in [2.05, 4.69) is 126 Å². The molecule has 0 unspecified atom stereocenters. The summed E-state index contributed by atoms with van der Waals surface area (Å²) in [7, 11) is 0. The Bertz CT molecular complexity index is 3080. The fourth-order valence-corrected chi connectivity index (χ4v) is 9.18. The third-order valence-electron chi connectivity index (χ3n) is 10.0. The van der Waals surface area contributed by atoms with Crippen LogP contribution in [0.5, 0.6) is 0 Å². The van der Waals surface area contributed by atoms with Crippen molar-refractivity contribution in [2.75, 3.05) is 0 Å². The van der Waals surface area contributed by atoms with Crippen LogP contribution in [0.25, 0.3) is 103 Å². The van der Waals surface area contributed by atoms with E-state index in [-0.39, 0.29) is 0 Å². The lowest BCUT2D eigenvalue weighted by molar-refractivity contribution is 0.957. The summed E-state index contributed by atoms with van der Waals surface area (Å²) in [5, 5.41) is 12.3. The molecule has 8 aromatic carbocycles. The van der Waals surface area contributed by atoms with E-state index in [0.717, 1.165) is 22.2 Å². The van der Waals surface area contributed by atoms with Crippen molar-refractivity contribution in [1.82, 2.24) is 19.5 Å². The summed E-state index contributed by atoms with van der Waals surface area (Å²) < 4.78 is 4.84. The molecule has 5 heteroatoms. The highest BCUT2D eigenvalue weighted by atomic mass is 32.1. The Morgan fingerprint density at radius 2 is 0.800 bits per heavy atom. The minimum atomic E-state index is 0.604. The minimum absolute atomic E-state index is 0.604. The number of rotatable bonds is 3. The van der Waals surface area contributed by atoms with Gasteiger partial charge in [0.05, 0.1) is 15.7 Å². The van der Waals surface area contributed by atoms with Crippen LogP contribution in [0.3, 0.4) is 0 Å². The van der Waals surface area contributed by atoms with Crippen molar-refractivity contribution in [2.24, 2.45) is 0 Å². The number of benzene rings is 8. The first kappa shape index (κ1) is 27.5. The maximum Gasteiger partial charge on any atom is 0.238 e. The zero-order valence-electron chi connectivity index (χ0n) is 26.7. The molecule has 0 atom stereocenters. The molecular formula is C45H26N4S. The maximum atomic E-state index is 5.34. The molecule has 0 bridgehead atoms. The van der Waals surface area contributed by atoms with E-state index < -0.39 is 0 Å².